The van der Waals surface area contributed by atoms with Crippen molar-refractivity contribution in [1.82, 2.24) is 5.32 Å². The van der Waals surface area contributed by atoms with Crippen molar-refractivity contribution in [3.8, 4) is 0 Å². The number of benzene rings is 1. The maximum absolute atomic E-state index is 13.4. The first kappa shape index (κ1) is 9.99. The maximum atomic E-state index is 13.4. The fourth-order valence-electron chi connectivity index (χ4n) is 1.76. The lowest BCUT2D eigenvalue weighted by molar-refractivity contribution is 0.599. The Morgan fingerprint density at radius 3 is 3.14 bits per heavy atom. The molecule has 0 aliphatic carbocycles. The van der Waals surface area contributed by atoms with Gasteiger partial charge in [-0.3, -0.25) is 0 Å². The average molecular weight is 211 g/mol. The van der Waals surface area contributed by atoms with E-state index in [0.29, 0.717) is 5.25 Å². The first-order valence-electron chi connectivity index (χ1n) is 4.90. The molecule has 1 heterocycles. The van der Waals surface area contributed by atoms with E-state index in [2.05, 4.69) is 5.32 Å². The van der Waals surface area contributed by atoms with Crippen molar-refractivity contribution in [1.29, 1.82) is 0 Å². The predicted octanol–water partition coefficient (Wildman–Crippen LogP) is 2.45. The summed E-state index contributed by atoms with van der Waals surface area (Å²) in [5, 5.41) is 3.68. The van der Waals surface area contributed by atoms with Gasteiger partial charge >= 0.3 is 0 Å². The molecule has 1 aromatic carbocycles. The summed E-state index contributed by atoms with van der Waals surface area (Å²) >= 11 is 1.81. The van der Waals surface area contributed by atoms with Crippen LogP contribution in [0.2, 0.25) is 0 Å². The van der Waals surface area contributed by atoms with Crippen LogP contribution in [0, 0.1) is 5.82 Å². The van der Waals surface area contributed by atoms with Gasteiger partial charge < -0.3 is 5.32 Å². The molecular formula is C11H14FNS. The normalized spacial score (nSPS) is 19.7. The lowest BCUT2D eigenvalue weighted by atomic mass is 10.1. The fourth-order valence-corrected chi connectivity index (χ4v) is 3.09. The van der Waals surface area contributed by atoms with Crippen molar-refractivity contribution in [3.05, 3.63) is 29.6 Å². The van der Waals surface area contributed by atoms with Crippen molar-refractivity contribution in [2.45, 2.75) is 23.0 Å². The minimum atomic E-state index is -0.0399. The van der Waals surface area contributed by atoms with Gasteiger partial charge in [-0.05, 0) is 38.6 Å². The summed E-state index contributed by atoms with van der Waals surface area (Å²) < 4.78 is 13.4. The number of thioether (sulfide) groups is 1. The molecule has 1 atom stereocenters. The molecule has 14 heavy (non-hydrogen) atoms. The van der Waals surface area contributed by atoms with Gasteiger partial charge in [0.2, 0.25) is 0 Å². The highest BCUT2D eigenvalue weighted by molar-refractivity contribution is 8.00. The number of halogens is 1. The Morgan fingerprint density at radius 1 is 1.57 bits per heavy atom. The minimum absolute atomic E-state index is 0.0399. The maximum Gasteiger partial charge on any atom is 0.127 e. The molecular weight excluding hydrogens is 197 g/mol. The molecule has 0 spiro atoms. The summed E-state index contributed by atoms with van der Waals surface area (Å²) in [6.45, 7) is 1.01. The first-order chi connectivity index (χ1) is 6.81. The first-order valence-corrected chi connectivity index (χ1v) is 5.78. The molecule has 1 aromatic rings. The zero-order valence-corrected chi connectivity index (χ0v) is 9.03. The molecule has 1 aliphatic heterocycles. The van der Waals surface area contributed by atoms with Crippen LogP contribution in [0.3, 0.4) is 0 Å². The van der Waals surface area contributed by atoms with Crippen LogP contribution in [0.5, 0.6) is 0 Å². The van der Waals surface area contributed by atoms with E-state index in [1.165, 1.54) is 0 Å². The van der Waals surface area contributed by atoms with E-state index in [1.54, 1.807) is 12.1 Å². The number of fused-ring (bicyclic) bond motifs is 1. The molecule has 1 aliphatic rings. The summed E-state index contributed by atoms with van der Waals surface area (Å²) in [6, 6.07) is 5.36. The summed E-state index contributed by atoms with van der Waals surface area (Å²) in [4.78, 5) is 1.13. The van der Waals surface area contributed by atoms with Gasteiger partial charge in [-0.1, -0.05) is 6.07 Å². The molecule has 2 rings (SSSR count). The molecule has 1 N–H and O–H groups in total. The second-order valence-corrected chi connectivity index (χ2v) is 4.89. The SMILES string of the molecule is CNCCC1Cc2c(F)cccc2S1. The van der Waals surface area contributed by atoms with Gasteiger partial charge in [-0.15, -0.1) is 11.8 Å². The third kappa shape index (κ3) is 1.93. The zero-order valence-electron chi connectivity index (χ0n) is 8.22. The summed E-state index contributed by atoms with van der Waals surface area (Å²) in [5.41, 5.74) is 0.915. The van der Waals surface area contributed by atoms with E-state index < -0.39 is 0 Å². The molecule has 0 aromatic heterocycles. The van der Waals surface area contributed by atoms with Gasteiger partial charge in [0.05, 0.1) is 0 Å². The molecule has 0 amide bonds. The van der Waals surface area contributed by atoms with E-state index >= 15 is 0 Å². The van der Waals surface area contributed by atoms with Crippen molar-refractivity contribution in [2.75, 3.05) is 13.6 Å². The van der Waals surface area contributed by atoms with E-state index in [0.717, 1.165) is 29.8 Å². The largest absolute Gasteiger partial charge is 0.320 e. The Balaban J connectivity index is 2.06. The standard InChI is InChI=1S/C11H14FNS/c1-13-6-5-8-7-9-10(12)3-2-4-11(9)14-8/h2-4,8,13H,5-7H2,1H3. The number of nitrogens with one attached hydrogen (secondary N) is 1. The Bertz CT molecular complexity index is 327. The van der Waals surface area contributed by atoms with Crippen LogP contribution in [-0.4, -0.2) is 18.8 Å². The monoisotopic (exact) mass is 211 g/mol. The van der Waals surface area contributed by atoms with E-state index in [-0.39, 0.29) is 5.82 Å². The van der Waals surface area contributed by atoms with Gasteiger partial charge in [0.1, 0.15) is 5.82 Å². The molecule has 0 bridgehead atoms. The summed E-state index contributed by atoms with van der Waals surface area (Å²) in [6.07, 6.45) is 1.99. The predicted molar refractivity (Wildman–Crippen MR) is 58.3 cm³/mol. The average Bonchev–Trinajstić information content (AvgIpc) is 2.59. The fraction of sp³-hybridized carbons (Fsp3) is 0.455. The number of hydrogen-bond acceptors (Lipinski definition) is 2. The van der Waals surface area contributed by atoms with E-state index in [1.807, 2.05) is 24.9 Å². The quantitative estimate of drug-likeness (QED) is 0.824. The van der Waals surface area contributed by atoms with E-state index in [4.69, 9.17) is 0 Å². The molecule has 3 heteroatoms. The van der Waals surface area contributed by atoms with Crippen LogP contribution in [-0.2, 0) is 6.42 Å². The van der Waals surface area contributed by atoms with E-state index in [9.17, 15) is 4.39 Å². The minimum Gasteiger partial charge on any atom is -0.320 e. The Labute approximate surface area is 88.1 Å². The van der Waals surface area contributed by atoms with Gasteiger partial charge in [0, 0.05) is 15.7 Å². The Kier molecular flexibility index (Phi) is 3.08. The van der Waals surface area contributed by atoms with Crippen molar-refractivity contribution in [3.63, 3.8) is 0 Å². The van der Waals surface area contributed by atoms with Crippen LogP contribution in [0.1, 0.15) is 12.0 Å². The second-order valence-electron chi connectivity index (χ2n) is 3.55. The lowest BCUT2D eigenvalue weighted by Gasteiger charge is -2.06. The second kappa shape index (κ2) is 4.32. The zero-order chi connectivity index (χ0) is 9.97. The number of hydrogen-bond donors (Lipinski definition) is 1. The molecule has 1 nitrogen and oxygen atoms in total. The smallest absolute Gasteiger partial charge is 0.127 e. The highest BCUT2D eigenvalue weighted by atomic mass is 32.2. The molecule has 76 valence electrons. The highest BCUT2D eigenvalue weighted by Gasteiger charge is 2.23. The summed E-state index contributed by atoms with van der Waals surface area (Å²) in [7, 11) is 1.95. The van der Waals surface area contributed by atoms with Gasteiger partial charge in [-0.2, -0.15) is 0 Å². The van der Waals surface area contributed by atoms with Crippen LogP contribution in [0.4, 0.5) is 4.39 Å². The number of rotatable bonds is 3. The summed E-state index contributed by atoms with van der Waals surface area (Å²) in [5.74, 6) is -0.0399. The van der Waals surface area contributed by atoms with Crippen molar-refractivity contribution < 1.29 is 4.39 Å². The third-order valence-electron chi connectivity index (χ3n) is 2.52. The Hall–Kier alpha value is -0.540. The van der Waals surface area contributed by atoms with Gasteiger partial charge in [0.25, 0.3) is 0 Å². The molecule has 0 fully saturated rings. The molecule has 0 saturated heterocycles. The highest BCUT2D eigenvalue weighted by Crippen LogP contribution is 2.39. The van der Waals surface area contributed by atoms with Crippen LogP contribution < -0.4 is 5.32 Å². The molecule has 1 unspecified atom stereocenters. The van der Waals surface area contributed by atoms with Crippen molar-refractivity contribution >= 4 is 11.8 Å². The van der Waals surface area contributed by atoms with Crippen LogP contribution in [0.25, 0.3) is 0 Å². The van der Waals surface area contributed by atoms with Crippen LogP contribution in [0.15, 0.2) is 23.1 Å². The lowest BCUT2D eigenvalue weighted by Crippen LogP contribution is -2.14. The molecule has 0 saturated carbocycles. The van der Waals surface area contributed by atoms with Crippen molar-refractivity contribution in [2.24, 2.45) is 0 Å². The Morgan fingerprint density at radius 2 is 2.43 bits per heavy atom. The van der Waals surface area contributed by atoms with Gasteiger partial charge in [-0.25, -0.2) is 4.39 Å². The third-order valence-corrected chi connectivity index (χ3v) is 3.89. The molecule has 0 radical (unpaired) electrons. The van der Waals surface area contributed by atoms with Crippen LogP contribution >= 0.6 is 11.8 Å². The van der Waals surface area contributed by atoms with Gasteiger partial charge in [0.15, 0.2) is 0 Å². The topological polar surface area (TPSA) is 12.0 Å².